The van der Waals surface area contributed by atoms with Crippen LogP contribution in [0.4, 0.5) is 10.6 Å². The Bertz CT molecular complexity index is 792. The Morgan fingerprint density at radius 2 is 2.29 bits per heavy atom. The summed E-state index contributed by atoms with van der Waals surface area (Å²) in [6.45, 7) is 4.22. The molecule has 0 aliphatic carbocycles. The summed E-state index contributed by atoms with van der Waals surface area (Å²) in [5.41, 5.74) is 0. The highest BCUT2D eigenvalue weighted by atomic mass is 16.5. The van der Waals surface area contributed by atoms with Crippen molar-refractivity contribution < 1.29 is 13.7 Å². The van der Waals surface area contributed by atoms with E-state index in [2.05, 4.69) is 32.8 Å². The van der Waals surface area contributed by atoms with E-state index in [1.165, 1.54) is 6.26 Å². The third-order valence-electron chi connectivity index (χ3n) is 3.53. The molecule has 9 nitrogen and oxygen atoms in total. The lowest BCUT2D eigenvalue weighted by atomic mass is 10.3. The van der Waals surface area contributed by atoms with Crippen LogP contribution in [0.5, 0.6) is 0 Å². The minimum atomic E-state index is -0.371. The number of hydrogen-bond acceptors (Lipinski definition) is 6. The first-order chi connectivity index (χ1) is 11.7. The van der Waals surface area contributed by atoms with Crippen LogP contribution < -0.4 is 10.6 Å². The fraction of sp³-hybridized carbons (Fsp3) is 0.333. The van der Waals surface area contributed by atoms with E-state index in [-0.39, 0.29) is 24.5 Å². The molecule has 0 aliphatic rings. The first-order valence-electron chi connectivity index (χ1n) is 7.62. The van der Waals surface area contributed by atoms with E-state index in [0.717, 1.165) is 6.42 Å². The van der Waals surface area contributed by atoms with Gasteiger partial charge >= 0.3 is 6.03 Å². The predicted octanol–water partition coefficient (Wildman–Crippen LogP) is 2.82. The molecule has 2 N–H and O–H groups in total. The van der Waals surface area contributed by atoms with Crippen molar-refractivity contribution in [2.24, 2.45) is 0 Å². The Labute approximate surface area is 138 Å². The summed E-state index contributed by atoms with van der Waals surface area (Å²) >= 11 is 0. The zero-order valence-corrected chi connectivity index (χ0v) is 13.4. The second-order valence-corrected chi connectivity index (χ2v) is 5.22. The third-order valence-corrected chi connectivity index (χ3v) is 3.53. The molecule has 0 saturated heterocycles. The smallest absolute Gasteiger partial charge is 0.320 e. The molecule has 2 amide bonds. The molecule has 3 aromatic rings. The number of hydrogen-bond donors (Lipinski definition) is 2. The van der Waals surface area contributed by atoms with Crippen LogP contribution in [-0.2, 0) is 6.54 Å². The number of amides is 2. The highest BCUT2D eigenvalue weighted by Crippen LogP contribution is 2.17. The van der Waals surface area contributed by atoms with E-state index in [4.69, 9.17) is 8.94 Å². The van der Waals surface area contributed by atoms with Crippen LogP contribution in [0, 0.1) is 0 Å². The molecule has 0 spiro atoms. The summed E-state index contributed by atoms with van der Waals surface area (Å²) in [7, 11) is 0. The zero-order valence-electron chi connectivity index (χ0n) is 13.4. The lowest BCUT2D eigenvalue weighted by Crippen LogP contribution is -2.30. The highest BCUT2D eigenvalue weighted by Gasteiger charge is 2.13. The number of carbonyl (C=O) groups is 1. The second-order valence-electron chi connectivity index (χ2n) is 5.22. The summed E-state index contributed by atoms with van der Waals surface area (Å²) in [6.07, 6.45) is 4.08. The maximum atomic E-state index is 12.0. The van der Waals surface area contributed by atoms with Gasteiger partial charge < -0.3 is 14.3 Å². The van der Waals surface area contributed by atoms with Gasteiger partial charge in [-0.1, -0.05) is 12.1 Å². The van der Waals surface area contributed by atoms with Crippen molar-refractivity contribution in [1.29, 1.82) is 0 Å². The Morgan fingerprint density at radius 1 is 1.42 bits per heavy atom. The van der Waals surface area contributed by atoms with Crippen molar-refractivity contribution in [3.8, 4) is 11.7 Å². The van der Waals surface area contributed by atoms with Gasteiger partial charge in [-0.2, -0.15) is 10.1 Å². The third kappa shape index (κ3) is 3.45. The lowest BCUT2D eigenvalue weighted by Gasteiger charge is -2.14. The van der Waals surface area contributed by atoms with Crippen LogP contribution in [-0.4, -0.2) is 26.0 Å². The molecule has 0 fully saturated rings. The van der Waals surface area contributed by atoms with Gasteiger partial charge in [-0.05, 0) is 25.5 Å². The SMILES string of the molecule is CCC(C)n1nccc1NC(=O)NCc1noc(-c2ccco2)n1. The van der Waals surface area contributed by atoms with Crippen molar-refractivity contribution in [1.82, 2.24) is 25.2 Å². The predicted molar refractivity (Wildman–Crippen MR) is 85.1 cm³/mol. The van der Waals surface area contributed by atoms with Gasteiger partial charge in [-0.3, -0.25) is 5.32 Å². The number of furan rings is 1. The lowest BCUT2D eigenvalue weighted by molar-refractivity contribution is 0.251. The summed E-state index contributed by atoms with van der Waals surface area (Å²) < 4.78 is 12.0. The van der Waals surface area contributed by atoms with E-state index < -0.39 is 0 Å². The molecular weight excluding hydrogens is 312 g/mol. The molecule has 3 aromatic heterocycles. The van der Waals surface area contributed by atoms with Crippen LogP contribution in [0.25, 0.3) is 11.7 Å². The summed E-state index contributed by atoms with van der Waals surface area (Å²) in [6, 6.07) is 5.02. The number of nitrogens with one attached hydrogen (secondary N) is 2. The number of anilines is 1. The minimum Gasteiger partial charge on any atom is -0.459 e. The van der Waals surface area contributed by atoms with E-state index in [1.54, 1.807) is 29.1 Å². The van der Waals surface area contributed by atoms with Crippen LogP contribution in [0.15, 0.2) is 39.6 Å². The first kappa shape index (κ1) is 15.8. The van der Waals surface area contributed by atoms with Crippen molar-refractivity contribution >= 4 is 11.8 Å². The monoisotopic (exact) mass is 330 g/mol. The molecule has 0 bridgehead atoms. The fourth-order valence-electron chi connectivity index (χ4n) is 2.08. The van der Waals surface area contributed by atoms with Crippen molar-refractivity contribution in [2.75, 3.05) is 5.32 Å². The van der Waals surface area contributed by atoms with Gasteiger partial charge in [-0.25, -0.2) is 9.48 Å². The van der Waals surface area contributed by atoms with Crippen LogP contribution >= 0.6 is 0 Å². The summed E-state index contributed by atoms with van der Waals surface area (Å²) in [4.78, 5) is 16.2. The van der Waals surface area contributed by atoms with E-state index >= 15 is 0 Å². The normalized spacial score (nSPS) is 12.1. The van der Waals surface area contributed by atoms with Crippen LogP contribution in [0.1, 0.15) is 32.1 Å². The Balaban J connectivity index is 1.56. The number of carbonyl (C=O) groups excluding carboxylic acids is 1. The standard InChI is InChI=1S/C15H18N6O3/c1-3-10(2)21-13(6-7-17-21)19-15(22)16-9-12-18-14(24-20-12)11-5-4-8-23-11/h4-8,10H,3,9H2,1-2H3,(H2,16,19,22). The van der Waals surface area contributed by atoms with Gasteiger partial charge in [0.15, 0.2) is 11.6 Å². The average Bonchev–Trinajstić information content (AvgIpc) is 3.32. The second kappa shape index (κ2) is 6.99. The molecule has 1 unspecified atom stereocenters. The largest absolute Gasteiger partial charge is 0.459 e. The molecule has 3 rings (SSSR count). The molecular formula is C15H18N6O3. The van der Waals surface area contributed by atoms with E-state index in [9.17, 15) is 4.79 Å². The van der Waals surface area contributed by atoms with Crippen LogP contribution in [0.2, 0.25) is 0 Å². The van der Waals surface area contributed by atoms with Gasteiger partial charge in [0.25, 0.3) is 5.89 Å². The van der Waals surface area contributed by atoms with Gasteiger partial charge in [0.2, 0.25) is 0 Å². The molecule has 0 aliphatic heterocycles. The van der Waals surface area contributed by atoms with E-state index in [0.29, 0.717) is 17.4 Å². The number of aromatic nitrogens is 4. The molecule has 3 heterocycles. The molecule has 24 heavy (non-hydrogen) atoms. The number of rotatable bonds is 6. The maximum absolute atomic E-state index is 12.0. The molecule has 0 saturated carbocycles. The topological polar surface area (TPSA) is 111 Å². The fourth-order valence-corrected chi connectivity index (χ4v) is 2.08. The number of urea groups is 1. The Kier molecular flexibility index (Phi) is 4.59. The molecule has 0 aromatic carbocycles. The molecule has 9 heteroatoms. The van der Waals surface area contributed by atoms with Crippen molar-refractivity contribution in [2.45, 2.75) is 32.9 Å². The molecule has 1 atom stereocenters. The number of nitrogens with zero attached hydrogens (tertiary/aromatic N) is 4. The molecule has 0 radical (unpaired) electrons. The van der Waals surface area contributed by atoms with Gasteiger partial charge in [0, 0.05) is 6.07 Å². The van der Waals surface area contributed by atoms with E-state index in [1.807, 2.05) is 6.92 Å². The van der Waals surface area contributed by atoms with Gasteiger partial charge in [0.1, 0.15) is 5.82 Å². The Hall–Kier alpha value is -3.10. The van der Waals surface area contributed by atoms with Crippen molar-refractivity contribution in [3.05, 3.63) is 36.5 Å². The van der Waals surface area contributed by atoms with Crippen LogP contribution in [0.3, 0.4) is 0 Å². The molecule has 126 valence electrons. The zero-order chi connectivity index (χ0) is 16.9. The van der Waals surface area contributed by atoms with Gasteiger partial charge in [-0.15, -0.1) is 0 Å². The highest BCUT2D eigenvalue weighted by molar-refractivity contribution is 5.88. The maximum Gasteiger partial charge on any atom is 0.320 e. The summed E-state index contributed by atoms with van der Waals surface area (Å²) in [5, 5.41) is 13.4. The first-order valence-corrected chi connectivity index (χ1v) is 7.62. The average molecular weight is 330 g/mol. The minimum absolute atomic E-state index is 0.132. The Morgan fingerprint density at radius 3 is 3.04 bits per heavy atom. The summed E-state index contributed by atoms with van der Waals surface area (Å²) in [5.74, 6) is 1.74. The quantitative estimate of drug-likeness (QED) is 0.719. The van der Waals surface area contributed by atoms with Crippen molar-refractivity contribution in [3.63, 3.8) is 0 Å². The van der Waals surface area contributed by atoms with Gasteiger partial charge in [0.05, 0.1) is 25.0 Å².